The van der Waals surface area contributed by atoms with E-state index in [1.807, 2.05) is 54.6 Å². The number of ether oxygens (including phenoxy) is 6. The molecule has 10 aromatic carbocycles. The van der Waals surface area contributed by atoms with E-state index in [1.165, 1.54) is 122 Å². The summed E-state index contributed by atoms with van der Waals surface area (Å²) in [5, 5.41) is 49.5. The number of aromatic hydroxyl groups is 1. The van der Waals surface area contributed by atoms with E-state index in [0.29, 0.717) is 76.5 Å². The average molecular weight is 2120 g/mol. The van der Waals surface area contributed by atoms with E-state index in [2.05, 4.69) is 201 Å². The minimum atomic E-state index is -0.642. The van der Waals surface area contributed by atoms with Crippen LogP contribution in [0.25, 0.3) is 53.9 Å². The minimum Gasteiger partial charge on any atom is -0.507 e. The highest BCUT2D eigenvalue weighted by Gasteiger charge is 2.46. The third-order valence-electron chi connectivity index (χ3n) is 30.7. The smallest absolute Gasteiger partial charge is 0.308 e. The highest BCUT2D eigenvalue weighted by atomic mass is 127. The summed E-state index contributed by atoms with van der Waals surface area (Å²) in [6.07, 6.45) is 33.7. The number of nitriles is 2. The molecule has 0 amide bonds. The number of hydrogen-bond acceptors (Lipinski definition) is 17. The molecule has 6 saturated heterocycles. The first kappa shape index (κ1) is 96.4. The fraction of sp³-hybridized carbons (Fsp3) is 0.486. The number of methoxy groups -OCH3 is 2. The summed E-state index contributed by atoms with van der Waals surface area (Å²) in [5.41, 5.74) is 6.49. The molecular formula is C111H126I3N5O13. The second-order valence-corrected chi connectivity index (χ2v) is 42.9. The van der Waals surface area contributed by atoms with Crippen LogP contribution in [0.3, 0.4) is 0 Å². The molecule has 0 spiro atoms. The first-order valence-electron chi connectivity index (χ1n) is 48.5. The number of halogens is 3. The van der Waals surface area contributed by atoms with Gasteiger partial charge in [0, 0.05) is 77.8 Å². The number of aldehydes is 2. The van der Waals surface area contributed by atoms with E-state index in [9.17, 15) is 44.7 Å². The summed E-state index contributed by atoms with van der Waals surface area (Å²) in [4.78, 5) is 64.7. The molecule has 6 bridgehead atoms. The van der Waals surface area contributed by atoms with Crippen molar-refractivity contribution < 1.29 is 62.6 Å². The molecule has 2 N–H and O–H groups in total. The molecule has 6 atom stereocenters. The summed E-state index contributed by atoms with van der Waals surface area (Å²) in [5.74, 6) is 6.15. The van der Waals surface area contributed by atoms with E-state index in [1.54, 1.807) is 18.2 Å². The lowest BCUT2D eigenvalue weighted by Gasteiger charge is -2.38. The fourth-order valence-electron chi connectivity index (χ4n) is 22.9. The van der Waals surface area contributed by atoms with Crippen molar-refractivity contribution in [3.8, 4) is 40.9 Å². The van der Waals surface area contributed by atoms with Crippen LogP contribution >= 0.6 is 67.8 Å². The Kier molecular flexibility index (Phi) is 32.4. The number of hydrogen-bond donors (Lipinski definition) is 2. The number of benzene rings is 10. The lowest BCUT2D eigenvalue weighted by molar-refractivity contribution is -0.149. The minimum absolute atomic E-state index is 0.0254. The van der Waals surface area contributed by atoms with Crippen molar-refractivity contribution in [2.75, 3.05) is 14.2 Å². The molecule has 0 aromatic heterocycles. The number of aliphatic carboxylic acids is 1. The molecule has 10 aromatic rings. The number of piperidine rings is 3. The van der Waals surface area contributed by atoms with Crippen LogP contribution in [-0.4, -0.2) is 130 Å². The molecule has 132 heavy (non-hydrogen) atoms. The zero-order valence-corrected chi connectivity index (χ0v) is 83.6. The third kappa shape index (κ3) is 23.0. The van der Waals surface area contributed by atoms with Gasteiger partial charge in [-0.3, -0.25) is 38.7 Å². The second kappa shape index (κ2) is 44.4. The maximum absolute atomic E-state index is 12.0. The topological polar surface area (TPSA) is 238 Å². The molecule has 10 fully saturated rings. The van der Waals surface area contributed by atoms with Gasteiger partial charge in [-0.2, -0.15) is 10.5 Å². The molecule has 20 rings (SSSR count). The molecule has 4 saturated carbocycles. The summed E-state index contributed by atoms with van der Waals surface area (Å²) < 4.78 is 38.4. The van der Waals surface area contributed by atoms with E-state index < -0.39 is 5.97 Å². The summed E-state index contributed by atoms with van der Waals surface area (Å²) in [6.45, 7) is 12.0. The Morgan fingerprint density at radius 3 is 0.939 bits per heavy atom. The lowest BCUT2D eigenvalue weighted by Crippen LogP contribution is -2.44. The number of carboxylic acid groups (broad SMARTS) is 1. The monoisotopic (exact) mass is 2120 g/mol. The van der Waals surface area contributed by atoms with Crippen molar-refractivity contribution in [2.45, 2.75) is 288 Å². The Balaban J connectivity index is 0.000000123. The number of rotatable bonds is 19. The van der Waals surface area contributed by atoms with Gasteiger partial charge < -0.3 is 38.6 Å². The maximum Gasteiger partial charge on any atom is 0.308 e. The fourth-order valence-corrected chi connectivity index (χ4v) is 25.2. The molecule has 694 valence electrons. The van der Waals surface area contributed by atoms with Gasteiger partial charge in [0.05, 0.1) is 67.1 Å². The highest BCUT2D eigenvalue weighted by molar-refractivity contribution is 14.1. The van der Waals surface area contributed by atoms with Gasteiger partial charge >= 0.3 is 17.9 Å². The Hall–Kier alpha value is -8.70. The Morgan fingerprint density at radius 1 is 0.356 bits per heavy atom. The van der Waals surface area contributed by atoms with Crippen LogP contribution in [0.15, 0.2) is 152 Å². The molecule has 6 unspecified atom stereocenters. The van der Waals surface area contributed by atoms with Crippen LogP contribution in [0, 0.1) is 74.8 Å². The molecule has 6 heterocycles. The van der Waals surface area contributed by atoms with E-state index in [4.69, 9.17) is 28.4 Å². The first-order chi connectivity index (χ1) is 64.0. The third-order valence-corrected chi connectivity index (χ3v) is 34.0. The second-order valence-electron chi connectivity index (χ2n) is 39.7. The van der Waals surface area contributed by atoms with Crippen LogP contribution in [0.1, 0.15) is 256 Å². The standard InChI is InChI=1S/C28H34N2O3.C27H34INO3.C27H32N2O3.C18H19IO2.C11H7IO2/c1-18-3-9-24(10-4-18)33-27-12-6-20-13-19(5-11-25(20)26(27)16-29)17-30-22-7-8-23(30)15-21(14-22)28(31)32-2;1-17-3-9-23(10-4-17)32-25-12-6-19-13-18(5-11-24(19)26(25)28)16-29-21-7-8-22(29)15-20(14-21)27(30)31-2;1-17-2-8-23(9-3-17)32-26-11-5-19-12-18(4-10-24(19)25(26)15-28)16-29-21-6-7-22(29)14-20(13-21)27(30)31;1-12-2-6-15(7-3-12)21-17-9-5-14-10-13(11-20)4-8-16(14)18(17)19;12-11-9-3-1-7(6-13)5-8(9)2-4-10(11)14/h5-6,11-13,18,21-24H,3-4,7-10,14-15,17H2,1-2H3;5-6,11-13,17,20-23H,3-4,7-10,14-16H2,1-2H3;4-5,10-12,17,20-23H,2-3,6-9,13-14,16H2,1H3,(H,30,31);4-5,8-12,15H,2-3,6-7H2,1H3;1-6,14H. The van der Waals surface area contributed by atoms with Crippen LogP contribution < -0.4 is 18.9 Å². The number of carboxylic acids is 1. The molecule has 6 aliphatic heterocycles. The number of fused-ring (bicyclic) bond motifs is 11. The normalized spacial score (nSPS) is 26.7. The van der Waals surface area contributed by atoms with Crippen LogP contribution in [0.4, 0.5) is 0 Å². The molecule has 21 heteroatoms. The van der Waals surface area contributed by atoms with Gasteiger partial charge in [0.1, 0.15) is 64.6 Å². The van der Waals surface area contributed by atoms with Crippen molar-refractivity contribution in [3.63, 3.8) is 0 Å². The van der Waals surface area contributed by atoms with E-state index in [0.717, 1.165) is 226 Å². The SMILES string of the molecule is CC1CCC(Oc2ccc3cc(C=O)ccc3c2I)CC1.CC1CCC(Oc2ccc3cc(CN4C5CCC4CC(C(=O)O)C5)ccc3c2C#N)CC1.COC(=O)C1CC2CCC(C1)N2Cc1ccc2c(C#N)c(OC3CCC(C)CC3)ccc2c1.COC(=O)C1CC2CCC(C1)N2Cc1ccc2c(I)c(OC3CCC(C)CC3)ccc2c1.O=Cc1ccc2c(I)c(O)ccc2c1. The van der Waals surface area contributed by atoms with Gasteiger partial charge in [0.15, 0.2) is 0 Å². The summed E-state index contributed by atoms with van der Waals surface area (Å²) in [6, 6.07) is 58.4. The van der Waals surface area contributed by atoms with Gasteiger partial charge in [0.25, 0.3) is 0 Å². The molecular weight excluding hydrogens is 1990 g/mol. The number of phenols is 1. The number of nitrogens with zero attached hydrogens (tertiary/aromatic N) is 5. The Morgan fingerprint density at radius 2 is 0.629 bits per heavy atom. The molecule has 10 aliphatic rings. The van der Waals surface area contributed by atoms with Gasteiger partial charge in [0.2, 0.25) is 0 Å². The van der Waals surface area contributed by atoms with Crippen molar-refractivity contribution in [1.29, 1.82) is 10.5 Å². The van der Waals surface area contributed by atoms with Gasteiger partial charge in [-0.15, -0.1) is 0 Å². The number of phenolic OH excluding ortho intramolecular Hbond substituents is 1. The predicted octanol–water partition coefficient (Wildman–Crippen LogP) is 25.6. The van der Waals surface area contributed by atoms with Crippen LogP contribution in [-0.2, 0) is 43.5 Å². The summed E-state index contributed by atoms with van der Waals surface area (Å²) >= 11 is 6.89. The number of esters is 2. The number of carbonyl (C=O) groups excluding carboxylic acids is 4. The highest BCUT2D eigenvalue weighted by Crippen LogP contribution is 2.47. The summed E-state index contributed by atoms with van der Waals surface area (Å²) in [7, 11) is 3.01. The zero-order valence-electron chi connectivity index (χ0n) is 77.1. The molecule has 18 nitrogen and oxygen atoms in total. The van der Waals surface area contributed by atoms with Crippen LogP contribution in [0.5, 0.6) is 28.7 Å². The van der Waals surface area contributed by atoms with E-state index >= 15 is 0 Å². The van der Waals surface area contributed by atoms with Gasteiger partial charge in [-0.25, -0.2) is 0 Å². The first-order valence-corrected chi connectivity index (χ1v) is 51.7. The van der Waals surface area contributed by atoms with Gasteiger partial charge in [-0.1, -0.05) is 119 Å². The lowest BCUT2D eigenvalue weighted by atomic mass is 9.89. The largest absolute Gasteiger partial charge is 0.507 e. The molecule has 0 radical (unpaired) electrons. The average Bonchev–Trinajstić information content (AvgIpc) is 1.59. The van der Waals surface area contributed by atoms with Gasteiger partial charge in [-0.05, 0) is 392 Å². The number of carbonyl (C=O) groups is 5. The van der Waals surface area contributed by atoms with Crippen molar-refractivity contribution in [2.24, 2.45) is 41.4 Å². The van der Waals surface area contributed by atoms with Crippen LogP contribution in [0.2, 0.25) is 0 Å². The van der Waals surface area contributed by atoms with E-state index in [-0.39, 0.29) is 47.6 Å². The molecule has 4 aliphatic carbocycles. The van der Waals surface area contributed by atoms with Crippen molar-refractivity contribution in [1.82, 2.24) is 14.7 Å². The maximum atomic E-state index is 12.0. The van der Waals surface area contributed by atoms with Crippen molar-refractivity contribution in [3.05, 3.63) is 201 Å². The predicted molar refractivity (Wildman–Crippen MR) is 545 cm³/mol. The van der Waals surface area contributed by atoms with Crippen molar-refractivity contribution >= 4 is 152 Å². The quantitative estimate of drug-likeness (QED) is 0.0434. The Bertz CT molecular complexity index is 5860. The Labute approximate surface area is 818 Å². The zero-order chi connectivity index (χ0) is 92.4.